The third-order valence-corrected chi connectivity index (χ3v) is 5.10. The summed E-state index contributed by atoms with van der Waals surface area (Å²) in [6.07, 6.45) is 1.69. The van der Waals surface area contributed by atoms with Crippen molar-refractivity contribution in [2.24, 2.45) is 0 Å². The van der Waals surface area contributed by atoms with Gasteiger partial charge in [0.25, 0.3) is 5.91 Å². The molecule has 2 aromatic heterocycles. The molecule has 5 nitrogen and oxygen atoms in total. The van der Waals surface area contributed by atoms with E-state index in [0.29, 0.717) is 35.9 Å². The second-order valence-corrected chi connectivity index (χ2v) is 7.25. The predicted octanol–water partition coefficient (Wildman–Crippen LogP) is 4.19. The summed E-state index contributed by atoms with van der Waals surface area (Å²) in [5.41, 5.74) is 3.17. The molecule has 1 fully saturated rings. The molecule has 2 atom stereocenters. The topological polar surface area (TPSA) is 47.6 Å². The van der Waals surface area contributed by atoms with Gasteiger partial charge in [0.15, 0.2) is 5.58 Å². The first-order chi connectivity index (χ1) is 12.5. The van der Waals surface area contributed by atoms with E-state index in [9.17, 15) is 4.79 Å². The SMILES string of the molecule is CC1CN(C(=O)c2cc3occc3n2Cc2ccccc2Cl)CC(C)O1. The number of hydrogen-bond donors (Lipinski definition) is 0. The molecule has 0 spiro atoms. The lowest BCUT2D eigenvalue weighted by atomic mass is 10.2. The highest BCUT2D eigenvalue weighted by atomic mass is 35.5. The highest BCUT2D eigenvalue weighted by Crippen LogP contribution is 2.26. The number of benzene rings is 1. The molecule has 0 aliphatic carbocycles. The van der Waals surface area contributed by atoms with Gasteiger partial charge in [-0.3, -0.25) is 4.79 Å². The third kappa shape index (κ3) is 3.13. The van der Waals surface area contributed by atoms with Gasteiger partial charge in [0.1, 0.15) is 5.69 Å². The first-order valence-electron chi connectivity index (χ1n) is 8.78. The lowest BCUT2D eigenvalue weighted by molar-refractivity contribution is -0.0588. The summed E-state index contributed by atoms with van der Waals surface area (Å²) in [7, 11) is 0. The molecule has 3 heterocycles. The van der Waals surface area contributed by atoms with E-state index in [2.05, 4.69) is 0 Å². The van der Waals surface area contributed by atoms with Crippen molar-refractivity contribution in [2.45, 2.75) is 32.6 Å². The number of aromatic nitrogens is 1. The van der Waals surface area contributed by atoms with Crippen LogP contribution in [-0.4, -0.2) is 40.7 Å². The van der Waals surface area contributed by atoms with Crippen molar-refractivity contribution in [2.75, 3.05) is 13.1 Å². The maximum absolute atomic E-state index is 13.2. The lowest BCUT2D eigenvalue weighted by Crippen LogP contribution is -2.48. The van der Waals surface area contributed by atoms with Crippen LogP contribution in [0.15, 0.2) is 47.1 Å². The third-order valence-electron chi connectivity index (χ3n) is 4.74. The number of rotatable bonds is 3. The molecular formula is C20H21ClN2O3. The monoisotopic (exact) mass is 372 g/mol. The highest BCUT2D eigenvalue weighted by Gasteiger charge is 2.29. The van der Waals surface area contributed by atoms with Gasteiger partial charge in [-0.05, 0) is 25.5 Å². The molecule has 3 aromatic rings. The Kier molecular flexibility index (Phi) is 4.51. The van der Waals surface area contributed by atoms with Crippen molar-refractivity contribution >= 4 is 28.6 Å². The molecule has 1 aliphatic heterocycles. The minimum absolute atomic E-state index is 0.00884. The number of ether oxygens (including phenoxy) is 1. The molecule has 4 rings (SSSR count). The van der Waals surface area contributed by atoms with Gasteiger partial charge in [0, 0.05) is 36.8 Å². The van der Waals surface area contributed by atoms with Crippen molar-refractivity contribution in [3.63, 3.8) is 0 Å². The van der Waals surface area contributed by atoms with Crippen molar-refractivity contribution in [1.29, 1.82) is 0 Å². The van der Waals surface area contributed by atoms with Crippen LogP contribution < -0.4 is 0 Å². The number of morpholine rings is 1. The largest absolute Gasteiger partial charge is 0.463 e. The molecule has 1 amide bonds. The summed E-state index contributed by atoms with van der Waals surface area (Å²) < 4.78 is 13.3. The van der Waals surface area contributed by atoms with Gasteiger partial charge in [-0.25, -0.2) is 0 Å². The van der Waals surface area contributed by atoms with E-state index >= 15 is 0 Å². The molecule has 26 heavy (non-hydrogen) atoms. The summed E-state index contributed by atoms with van der Waals surface area (Å²) in [6, 6.07) is 11.4. The molecule has 1 saturated heterocycles. The van der Waals surface area contributed by atoms with E-state index in [1.807, 2.05) is 59.7 Å². The fourth-order valence-electron chi connectivity index (χ4n) is 3.63. The minimum Gasteiger partial charge on any atom is -0.463 e. The van der Waals surface area contributed by atoms with Gasteiger partial charge in [-0.1, -0.05) is 29.8 Å². The van der Waals surface area contributed by atoms with E-state index < -0.39 is 0 Å². The second kappa shape index (κ2) is 6.82. The normalized spacial score (nSPS) is 20.7. The quantitative estimate of drug-likeness (QED) is 0.692. The average molecular weight is 373 g/mol. The Hall–Kier alpha value is -2.24. The van der Waals surface area contributed by atoms with Crippen LogP contribution in [0.1, 0.15) is 29.9 Å². The first-order valence-corrected chi connectivity index (χ1v) is 9.15. The zero-order valence-electron chi connectivity index (χ0n) is 14.8. The number of furan rings is 1. The number of nitrogens with zero attached hydrogens (tertiary/aromatic N) is 2. The number of halogens is 1. The minimum atomic E-state index is -0.00884. The van der Waals surface area contributed by atoms with Gasteiger partial charge in [0.2, 0.25) is 0 Å². The van der Waals surface area contributed by atoms with Crippen molar-refractivity contribution in [3.8, 4) is 0 Å². The fraction of sp³-hybridized carbons (Fsp3) is 0.350. The lowest BCUT2D eigenvalue weighted by Gasteiger charge is -2.35. The number of carbonyl (C=O) groups is 1. The Labute approximate surface area is 157 Å². The van der Waals surface area contributed by atoms with Crippen LogP contribution in [0.2, 0.25) is 5.02 Å². The number of hydrogen-bond acceptors (Lipinski definition) is 3. The van der Waals surface area contributed by atoms with Crippen LogP contribution in [0.25, 0.3) is 11.1 Å². The standard InChI is InChI=1S/C20H21ClN2O3/c1-13-10-22(11-14(2)26-13)20(24)18-9-19-17(7-8-25-19)23(18)12-15-5-3-4-6-16(15)21/h3-9,13-14H,10-12H2,1-2H3. The molecule has 6 heteroatoms. The Morgan fingerprint density at radius 2 is 1.92 bits per heavy atom. The van der Waals surface area contributed by atoms with Gasteiger partial charge in [-0.2, -0.15) is 0 Å². The molecule has 0 radical (unpaired) electrons. The Morgan fingerprint density at radius 3 is 2.65 bits per heavy atom. The second-order valence-electron chi connectivity index (χ2n) is 6.84. The van der Waals surface area contributed by atoms with Crippen molar-refractivity contribution < 1.29 is 13.9 Å². The van der Waals surface area contributed by atoms with Crippen LogP contribution in [0.5, 0.6) is 0 Å². The molecular weight excluding hydrogens is 352 g/mol. The highest BCUT2D eigenvalue weighted by molar-refractivity contribution is 6.31. The van der Waals surface area contributed by atoms with E-state index in [0.717, 1.165) is 11.1 Å². The predicted molar refractivity (Wildman–Crippen MR) is 101 cm³/mol. The van der Waals surface area contributed by atoms with Gasteiger partial charge >= 0.3 is 0 Å². The fourth-order valence-corrected chi connectivity index (χ4v) is 3.82. The Balaban J connectivity index is 1.72. The summed E-state index contributed by atoms with van der Waals surface area (Å²) >= 11 is 6.34. The van der Waals surface area contributed by atoms with Crippen LogP contribution >= 0.6 is 11.6 Å². The Bertz CT molecular complexity index is 936. The molecule has 0 N–H and O–H groups in total. The number of amides is 1. The molecule has 1 aliphatic rings. The smallest absolute Gasteiger partial charge is 0.270 e. The van der Waals surface area contributed by atoms with E-state index in [-0.39, 0.29) is 18.1 Å². The van der Waals surface area contributed by atoms with Gasteiger partial charge in [0.05, 0.1) is 24.0 Å². The van der Waals surface area contributed by atoms with Crippen LogP contribution in [0.4, 0.5) is 0 Å². The summed E-state index contributed by atoms with van der Waals surface area (Å²) in [4.78, 5) is 15.1. The molecule has 0 bridgehead atoms. The first kappa shape index (κ1) is 17.2. The summed E-state index contributed by atoms with van der Waals surface area (Å²) in [5.74, 6) is -0.00884. The van der Waals surface area contributed by atoms with Crippen LogP contribution in [0.3, 0.4) is 0 Å². The van der Waals surface area contributed by atoms with Crippen LogP contribution in [-0.2, 0) is 11.3 Å². The zero-order chi connectivity index (χ0) is 18.3. The molecule has 2 unspecified atom stereocenters. The number of carbonyl (C=O) groups excluding carboxylic acids is 1. The summed E-state index contributed by atoms with van der Waals surface area (Å²) in [5, 5.41) is 0.685. The molecule has 0 saturated carbocycles. The maximum atomic E-state index is 13.2. The van der Waals surface area contributed by atoms with Gasteiger partial charge < -0.3 is 18.6 Å². The van der Waals surface area contributed by atoms with E-state index in [1.165, 1.54) is 0 Å². The van der Waals surface area contributed by atoms with Crippen molar-refractivity contribution in [1.82, 2.24) is 9.47 Å². The average Bonchev–Trinajstić information content (AvgIpc) is 3.18. The van der Waals surface area contributed by atoms with E-state index in [1.54, 1.807) is 6.26 Å². The molecule has 136 valence electrons. The zero-order valence-corrected chi connectivity index (χ0v) is 15.6. The number of fused-ring (bicyclic) bond motifs is 1. The van der Waals surface area contributed by atoms with Crippen molar-refractivity contribution in [3.05, 3.63) is 58.9 Å². The maximum Gasteiger partial charge on any atom is 0.270 e. The van der Waals surface area contributed by atoms with Gasteiger partial charge in [-0.15, -0.1) is 0 Å². The summed E-state index contributed by atoms with van der Waals surface area (Å²) in [6.45, 7) is 5.66. The molecule has 1 aromatic carbocycles. The Morgan fingerprint density at radius 1 is 1.19 bits per heavy atom. The van der Waals surface area contributed by atoms with E-state index in [4.69, 9.17) is 20.8 Å². The van der Waals surface area contributed by atoms with Crippen LogP contribution in [0, 0.1) is 0 Å².